The molecule has 2 aromatic carbocycles. The molecule has 0 aliphatic carbocycles. The van der Waals surface area contributed by atoms with E-state index in [4.69, 9.17) is 14.2 Å². The Morgan fingerprint density at radius 1 is 1.07 bits per heavy atom. The van der Waals surface area contributed by atoms with E-state index in [0.717, 1.165) is 10.2 Å². The van der Waals surface area contributed by atoms with Crippen molar-refractivity contribution in [2.75, 3.05) is 25.6 Å². The van der Waals surface area contributed by atoms with Crippen molar-refractivity contribution in [2.24, 2.45) is 0 Å². The number of methoxy groups -OCH3 is 1. The van der Waals surface area contributed by atoms with Crippen molar-refractivity contribution < 1.29 is 19.0 Å². The number of aromatic nitrogens is 2. The van der Waals surface area contributed by atoms with Gasteiger partial charge in [0.1, 0.15) is 25.5 Å². The molecule has 1 N–H and O–H groups in total. The van der Waals surface area contributed by atoms with E-state index in [1.165, 1.54) is 6.07 Å². The second-order valence-electron chi connectivity index (χ2n) is 6.35. The minimum absolute atomic E-state index is 0.205. The van der Waals surface area contributed by atoms with E-state index < -0.39 is 0 Å². The fourth-order valence-corrected chi connectivity index (χ4v) is 2.93. The quantitative estimate of drug-likeness (QED) is 0.715. The molecular weight excluding hydrogens is 374 g/mol. The van der Waals surface area contributed by atoms with Gasteiger partial charge in [-0.1, -0.05) is 0 Å². The van der Waals surface area contributed by atoms with E-state index in [0.29, 0.717) is 41.8 Å². The summed E-state index contributed by atoms with van der Waals surface area (Å²) in [4.78, 5) is 24.5. The summed E-state index contributed by atoms with van der Waals surface area (Å²) in [5.74, 6) is 1.63. The Morgan fingerprint density at radius 3 is 2.59 bits per heavy atom. The van der Waals surface area contributed by atoms with Crippen LogP contribution < -0.4 is 25.1 Å². The summed E-state index contributed by atoms with van der Waals surface area (Å²) in [7, 11) is 1.57. The van der Waals surface area contributed by atoms with E-state index in [1.807, 2.05) is 12.1 Å². The van der Waals surface area contributed by atoms with Crippen molar-refractivity contribution in [1.82, 2.24) is 9.78 Å². The maximum Gasteiger partial charge on any atom is 0.267 e. The average molecular weight is 393 g/mol. The summed E-state index contributed by atoms with van der Waals surface area (Å²) in [6.07, 6.45) is 0. The SMILES string of the molecule is COc1ccc(NC(=O)Cn2nc(-c3ccc4c(c3)OCCO4)ccc2=O)cc1. The molecule has 2 heterocycles. The van der Waals surface area contributed by atoms with Crippen LogP contribution in [0.2, 0.25) is 0 Å². The fourth-order valence-electron chi connectivity index (χ4n) is 2.93. The van der Waals surface area contributed by atoms with Crippen LogP contribution in [0.15, 0.2) is 59.4 Å². The molecule has 0 fully saturated rings. The Hall–Kier alpha value is -3.81. The maximum absolute atomic E-state index is 12.3. The average Bonchev–Trinajstić information content (AvgIpc) is 2.75. The minimum atomic E-state index is -0.365. The highest BCUT2D eigenvalue weighted by Gasteiger charge is 2.14. The monoisotopic (exact) mass is 393 g/mol. The predicted molar refractivity (Wildman–Crippen MR) is 107 cm³/mol. The number of nitrogens with one attached hydrogen (secondary N) is 1. The van der Waals surface area contributed by atoms with Crippen LogP contribution in [-0.4, -0.2) is 36.0 Å². The Morgan fingerprint density at radius 2 is 1.83 bits per heavy atom. The summed E-state index contributed by atoms with van der Waals surface area (Å²) >= 11 is 0. The highest BCUT2D eigenvalue weighted by atomic mass is 16.6. The Bertz CT molecular complexity index is 1090. The molecule has 8 heteroatoms. The van der Waals surface area contributed by atoms with Gasteiger partial charge in [0.05, 0.1) is 12.8 Å². The molecule has 0 saturated heterocycles. The highest BCUT2D eigenvalue weighted by molar-refractivity contribution is 5.90. The molecule has 0 saturated carbocycles. The standard InChI is InChI=1S/C21H19N3O5/c1-27-16-5-3-15(4-6-16)22-20(25)13-24-21(26)9-7-17(23-24)14-2-8-18-19(12-14)29-11-10-28-18/h2-9,12H,10-11,13H2,1H3,(H,22,25). The van der Waals surface area contributed by atoms with Crippen LogP contribution in [0.4, 0.5) is 5.69 Å². The predicted octanol–water partition coefficient (Wildman–Crippen LogP) is 2.33. The van der Waals surface area contributed by atoms with Gasteiger partial charge < -0.3 is 19.5 Å². The third-order valence-electron chi connectivity index (χ3n) is 4.37. The molecule has 0 radical (unpaired) electrons. The second-order valence-corrected chi connectivity index (χ2v) is 6.35. The van der Waals surface area contributed by atoms with Gasteiger partial charge in [0.15, 0.2) is 11.5 Å². The number of ether oxygens (including phenoxy) is 3. The van der Waals surface area contributed by atoms with Crippen molar-refractivity contribution in [3.05, 3.63) is 65.0 Å². The maximum atomic E-state index is 12.3. The first kappa shape index (κ1) is 18.5. The van der Waals surface area contributed by atoms with Gasteiger partial charge in [-0.05, 0) is 48.5 Å². The number of rotatable bonds is 5. The molecule has 0 bridgehead atoms. The number of hydrogen-bond acceptors (Lipinski definition) is 6. The van der Waals surface area contributed by atoms with Crippen molar-refractivity contribution in [2.45, 2.75) is 6.54 Å². The first-order chi connectivity index (χ1) is 14.1. The second kappa shape index (κ2) is 8.05. The molecule has 3 aromatic rings. The number of benzene rings is 2. The van der Waals surface area contributed by atoms with Gasteiger partial charge in [-0.15, -0.1) is 0 Å². The lowest BCUT2D eigenvalue weighted by atomic mass is 10.1. The number of carbonyl (C=O) groups is 1. The Kier molecular flexibility index (Phi) is 5.15. The first-order valence-corrected chi connectivity index (χ1v) is 9.04. The Labute approximate surface area is 166 Å². The molecule has 0 atom stereocenters. The van der Waals surface area contributed by atoms with Crippen LogP contribution in [0, 0.1) is 0 Å². The molecule has 148 valence electrons. The number of amides is 1. The molecule has 1 amide bonds. The zero-order chi connectivity index (χ0) is 20.2. The molecule has 8 nitrogen and oxygen atoms in total. The normalized spacial score (nSPS) is 12.3. The molecule has 1 aliphatic rings. The summed E-state index contributed by atoms with van der Waals surface area (Å²) in [5, 5.41) is 7.07. The van der Waals surface area contributed by atoms with E-state index in [1.54, 1.807) is 43.5 Å². The first-order valence-electron chi connectivity index (χ1n) is 9.04. The van der Waals surface area contributed by atoms with Gasteiger partial charge >= 0.3 is 0 Å². The third kappa shape index (κ3) is 4.21. The molecule has 4 rings (SSSR count). The number of carbonyl (C=O) groups excluding carboxylic acids is 1. The van der Waals surface area contributed by atoms with Crippen LogP contribution in [0.3, 0.4) is 0 Å². The van der Waals surface area contributed by atoms with E-state index in [9.17, 15) is 9.59 Å². The van der Waals surface area contributed by atoms with E-state index in [-0.39, 0.29) is 18.0 Å². The van der Waals surface area contributed by atoms with Gasteiger partial charge in [-0.25, -0.2) is 4.68 Å². The van der Waals surface area contributed by atoms with Crippen molar-refractivity contribution in [3.8, 4) is 28.5 Å². The number of nitrogens with zero attached hydrogens (tertiary/aromatic N) is 2. The van der Waals surface area contributed by atoms with Crippen LogP contribution >= 0.6 is 0 Å². The van der Waals surface area contributed by atoms with Crippen LogP contribution in [-0.2, 0) is 11.3 Å². The molecular formula is C21H19N3O5. The van der Waals surface area contributed by atoms with Crippen LogP contribution in [0.1, 0.15) is 0 Å². The van der Waals surface area contributed by atoms with Crippen LogP contribution in [0.5, 0.6) is 17.2 Å². The number of anilines is 1. The fraction of sp³-hybridized carbons (Fsp3) is 0.190. The van der Waals surface area contributed by atoms with Crippen LogP contribution in [0.25, 0.3) is 11.3 Å². The summed E-state index contributed by atoms with van der Waals surface area (Å²) < 4.78 is 17.3. The molecule has 29 heavy (non-hydrogen) atoms. The zero-order valence-electron chi connectivity index (χ0n) is 15.8. The van der Waals surface area contributed by atoms with Gasteiger partial charge in [0.2, 0.25) is 5.91 Å². The summed E-state index contributed by atoms with van der Waals surface area (Å²) in [5.41, 5.74) is 1.56. The van der Waals surface area contributed by atoms with E-state index in [2.05, 4.69) is 10.4 Å². The summed E-state index contributed by atoms with van der Waals surface area (Å²) in [6, 6.07) is 15.4. The Balaban J connectivity index is 1.52. The minimum Gasteiger partial charge on any atom is -0.497 e. The van der Waals surface area contributed by atoms with Gasteiger partial charge in [-0.2, -0.15) is 5.10 Å². The van der Waals surface area contributed by atoms with Gasteiger partial charge in [0.25, 0.3) is 5.56 Å². The van der Waals surface area contributed by atoms with Crippen molar-refractivity contribution in [3.63, 3.8) is 0 Å². The number of hydrogen-bond donors (Lipinski definition) is 1. The lowest BCUT2D eigenvalue weighted by molar-refractivity contribution is -0.117. The van der Waals surface area contributed by atoms with Gasteiger partial charge in [-0.3, -0.25) is 9.59 Å². The van der Waals surface area contributed by atoms with Gasteiger partial charge in [0, 0.05) is 17.3 Å². The largest absolute Gasteiger partial charge is 0.497 e. The van der Waals surface area contributed by atoms with E-state index >= 15 is 0 Å². The summed E-state index contributed by atoms with van der Waals surface area (Å²) in [6.45, 7) is 0.789. The van der Waals surface area contributed by atoms with Crippen molar-refractivity contribution in [1.29, 1.82) is 0 Å². The lowest BCUT2D eigenvalue weighted by Gasteiger charge is -2.18. The molecule has 0 spiro atoms. The lowest BCUT2D eigenvalue weighted by Crippen LogP contribution is -2.29. The third-order valence-corrected chi connectivity index (χ3v) is 4.37. The van der Waals surface area contributed by atoms with Crippen molar-refractivity contribution >= 4 is 11.6 Å². The smallest absolute Gasteiger partial charge is 0.267 e. The highest BCUT2D eigenvalue weighted by Crippen LogP contribution is 2.33. The molecule has 0 unspecified atom stereocenters. The number of fused-ring (bicyclic) bond motifs is 1. The topological polar surface area (TPSA) is 91.7 Å². The molecule has 1 aliphatic heterocycles. The molecule has 1 aromatic heterocycles. The zero-order valence-corrected chi connectivity index (χ0v) is 15.8.